The predicted octanol–water partition coefficient (Wildman–Crippen LogP) is 4.48. The summed E-state index contributed by atoms with van der Waals surface area (Å²) in [5, 5.41) is 0. The zero-order valence-electron chi connectivity index (χ0n) is 13.6. The van der Waals surface area contributed by atoms with Crippen LogP contribution in [0.15, 0.2) is 67.0 Å². The van der Waals surface area contributed by atoms with Gasteiger partial charge < -0.3 is 9.47 Å². The highest BCUT2D eigenvalue weighted by molar-refractivity contribution is 5.63. The third kappa shape index (κ3) is 2.85. The molecule has 0 fully saturated rings. The van der Waals surface area contributed by atoms with Crippen molar-refractivity contribution >= 4 is 0 Å². The van der Waals surface area contributed by atoms with E-state index in [1.807, 2.05) is 36.7 Å². The molecule has 3 heteroatoms. The molecule has 0 saturated heterocycles. The van der Waals surface area contributed by atoms with E-state index in [9.17, 15) is 0 Å². The molecule has 0 bridgehead atoms. The molecule has 0 saturated carbocycles. The summed E-state index contributed by atoms with van der Waals surface area (Å²) >= 11 is 0. The largest absolute Gasteiger partial charge is 0.497 e. The van der Waals surface area contributed by atoms with Crippen LogP contribution >= 0.6 is 0 Å². The smallest absolute Gasteiger partial charge is 0.122 e. The Morgan fingerprint density at radius 3 is 2.71 bits per heavy atom. The zero-order chi connectivity index (χ0) is 16.4. The molecule has 2 aromatic carbocycles. The van der Waals surface area contributed by atoms with Crippen molar-refractivity contribution in [1.82, 2.24) is 4.98 Å². The Morgan fingerprint density at radius 2 is 1.88 bits per heavy atom. The minimum Gasteiger partial charge on any atom is -0.497 e. The highest BCUT2D eigenvalue weighted by Gasteiger charge is 2.22. The summed E-state index contributed by atoms with van der Waals surface area (Å²) in [6.45, 7) is 0.707. The Kier molecular flexibility index (Phi) is 3.91. The Morgan fingerprint density at radius 1 is 1.00 bits per heavy atom. The molecule has 1 unspecified atom stereocenters. The van der Waals surface area contributed by atoms with Crippen molar-refractivity contribution in [2.24, 2.45) is 0 Å². The van der Waals surface area contributed by atoms with Gasteiger partial charge >= 0.3 is 0 Å². The van der Waals surface area contributed by atoms with Crippen LogP contribution in [0.4, 0.5) is 0 Å². The highest BCUT2D eigenvalue weighted by Crippen LogP contribution is 2.35. The van der Waals surface area contributed by atoms with Crippen LogP contribution in [0.25, 0.3) is 11.1 Å². The molecule has 0 radical (unpaired) electrons. The summed E-state index contributed by atoms with van der Waals surface area (Å²) in [5.74, 6) is 2.20. The first-order chi connectivity index (χ1) is 11.8. The van der Waals surface area contributed by atoms with Crippen LogP contribution in [0.3, 0.4) is 0 Å². The number of fused-ring (bicyclic) bond motifs is 1. The van der Waals surface area contributed by atoms with Crippen molar-refractivity contribution in [3.8, 4) is 22.6 Å². The average Bonchev–Trinajstić information content (AvgIpc) is 2.68. The van der Waals surface area contributed by atoms with E-state index in [1.54, 1.807) is 7.11 Å². The molecule has 2 heterocycles. The van der Waals surface area contributed by atoms with E-state index in [0.29, 0.717) is 12.5 Å². The van der Waals surface area contributed by atoms with E-state index in [1.165, 1.54) is 22.3 Å². The quantitative estimate of drug-likeness (QED) is 0.714. The Hall–Kier alpha value is -2.81. The number of hydrogen-bond acceptors (Lipinski definition) is 3. The van der Waals surface area contributed by atoms with Gasteiger partial charge in [-0.1, -0.05) is 24.3 Å². The topological polar surface area (TPSA) is 31.4 Å². The van der Waals surface area contributed by atoms with Gasteiger partial charge in [0.15, 0.2) is 0 Å². The van der Waals surface area contributed by atoms with Crippen molar-refractivity contribution in [3.05, 3.63) is 78.1 Å². The van der Waals surface area contributed by atoms with Crippen LogP contribution < -0.4 is 9.47 Å². The molecule has 1 atom stereocenters. The lowest BCUT2D eigenvalue weighted by atomic mass is 9.89. The van der Waals surface area contributed by atoms with Crippen molar-refractivity contribution in [2.45, 2.75) is 12.3 Å². The molecule has 1 aliphatic rings. The van der Waals surface area contributed by atoms with Gasteiger partial charge in [0, 0.05) is 18.3 Å². The summed E-state index contributed by atoms with van der Waals surface area (Å²) < 4.78 is 11.3. The van der Waals surface area contributed by atoms with Crippen LogP contribution in [-0.2, 0) is 6.42 Å². The second-order valence-corrected chi connectivity index (χ2v) is 6.05. The number of methoxy groups -OCH3 is 1. The van der Waals surface area contributed by atoms with Gasteiger partial charge in [0.1, 0.15) is 11.5 Å². The minimum atomic E-state index is 0.353. The number of pyridine rings is 1. The lowest BCUT2D eigenvalue weighted by Crippen LogP contribution is -2.19. The van der Waals surface area contributed by atoms with Crippen molar-refractivity contribution in [1.29, 1.82) is 0 Å². The summed E-state index contributed by atoms with van der Waals surface area (Å²) in [5.41, 5.74) is 4.91. The normalized spacial score (nSPS) is 16.1. The van der Waals surface area contributed by atoms with E-state index in [4.69, 9.17) is 9.47 Å². The number of aromatic nitrogens is 1. The second kappa shape index (κ2) is 6.36. The maximum atomic E-state index is 5.97. The maximum absolute atomic E-state index is 5.97. The monoisotopic (exact) mass is 317 g/mol. The molecular formula is C21H19NO2. The third-order valence-electron chi connectivity index (χ3n) is 4.55. The first kappa shape index (κ1) is 14.8. The van der Waals surface area contributed by atoms with E-state index in [0.717, 1.165) is 17.9 Å². The lowest BCUT2D eigenvalue weighted by Gasteiger charge is -2.26. The van der Waals surface area contributed by atoms with Gasteiger partial charge in [-0.25, -0.2) is 0 Å². The minimum absolute atomic E-state index is 0.353. The lowest BCUT2D eigenvalue weighted by molar-refractivity contribution is 0.262. The van der Waals surface area contributed by atoms with Crippen LogP contribution in [0, 0.1) is 0 Å². The van der Waals surface area contributed by atoms with E-state index >= 15 is 0 Å². The van der Waals surface area contributed by atoms with Gasteiger partial charge in [0.25, 0.3) is 0 Å². The molecule has 120 valence electrons. The molecule has 0 amide bonds. The van der Waals surface area contributed by atoms with Gasteiger partial charge in [-0.2, -0.15) is 0 Å². The molecule has 3 nitrogen and oxygen atoms in total. The molecule has 0 N–H and O–H groups in total. The van der Waals surface area contributed by atoms with Crippen LogP contribution in [0.2, 0.25) is 0 Å². The molecule has 24 heavy (non-hydrogen) atoms. The van der Waals surface area contributed by atoms with Crippen LogP contribution in [0.1, 0.15) is 17.0 Å². The number of ether oxygens (including phenoxy) is 2. The van der Waals surface area contributed by atoms with Gasteiger partial charge in [0.05, 0.1) is 13.7 Å². The summed E-state index contributed by atoms with van der Waals surface area (Å²) in [7, 11) is 1.70. The van der Waals surface area contributed by atoms with Crippen molar-refractivity contribution in [2.75, 3.05) is 13.7 Å². The Bertz CT molecular complexity index is 845. The van der Waals surface area contributed by atoms with Crippen LogP contribution in [0.5, 0.6) is 11.5 Å². The average molecular weight is 317 g/mol. The molecule has 1 aliphatic heterocycles. The number of nitrogens with zero attached hydrogens (tertiary/aromatic N) is 1. The first-order valence-corrected chi connectivity index (χ1v) is 8.13. The second-order valence-electron chi connectivity index (χ2n) is 6.05. The fraction of sp³-hybridized carbons (Fsp3) is 0.190. The van der Waals surface area contributed by atoms with Crippen molar-refractivity contribution < 1.29 is 9.47 Å². The summed E-state index contributed by atoms with van der Waals surface area (Å²) in [6.07, 6.45) is 4.62. The van der Waals surface area contributed by atoms with Crippen LogP contribution in [-0.4, -0.2) is 18.7 Å². The fourth-order valence-corrected chi connectivity index (χ4v) is 3.23. The molecule has 0 spiro atoms. The Labute approximate surface area is 141 Å². The third-order valence-corrected chi connectivity index (χ3v) is 4.55. The summed E-state index contributed by atoms with van der Waals surface area (Å²) in [6, 6.07) is 18.8. The van der Waals surface area contributed by atoms with E-state index < -0.39 is 0 Å². The van der Waals surface area contributed by atoms with Gasteiger partial charge in [-0.3, -0.25) is 4.98 Å². The number of benzene rings is 2. The number of hydrogen-bond donors (Lipinski definition) is 0. The summed E-state index contributed by atoms with van der Waals surface area (Å²) in [4.78, 5) is 4.09. The maximum Gasteiger partial charge on any atom is 0.122 e. The van der Waals surface area contributed by atoms with Gasteiger partial charge in [-0.05, 0) is 59.0 Å². The van der Waals surface area contributed by atoms with E-state index in [2.05, 4.69) is 35.3 Å². The molecule has 1 aromatic heterocycles. The highest BCUT2D eigenvalue weighted by atomic mass is 16.5. The van der Waals surface area contributed by atoms with E-state index in [-0.39, 0.29) is 0 Å². The first-order valence-electron chi connectivity index (χ1n) is 8.13. The van der Waals surface area contributed by atoms with Gasteiger partial charge in [0.2, 0.25) is 0 Å². The standard InChI is InChI=1S/C21H19NO2/c1-23-20-5-6-21-18(13-20)12-19(14-24-21)17-4-2-3-16(11-17)15-7-9-22-10-8-15/h2-11,13,19H,12,14H2,1H3. The molecular weight excluding hydrogens is 298 g/mol. The molecule has 0 aliphatic carbocycles. The van der Waals surface area contributed by atoms with Gasteiger partial charge in [-0.15, -0.1) is 0 Å². The Balaban J connectivity index is 1.63. The molecule has 4 rings (SSSR count). The SMILES string of the molecule is COc1ccc2c(c1)CC(c1cccc(-c3ccncc3)c1)CO2. The fourth-order valence-electron chi connectivity index (χ4n) is 3.23. The van der Waals surface area contributed by atoms with Crippen molar-refractivity contribution in [3.63, 3.8) is 0 Å². The number of rotatable bonds is 3. The predicted molar refractivity (Wildman–Crippen MR) is 94.6 cm³/mol. The molecule has 3 aromatic rings. The zero-order valence-corrected chi connectivity index (χ0v) is 13.6.